The summed E-state index contributed by atoms with van der Waals surface area (Å²) in [5.74, 6) is 1.01. The fourth-order valence-corrected chi connectivity index (χ4v) is 2.20. The maximum absolute atomic E-state index is 10.6. The van der Waals surface area contributed by atoms with Crippen LogP contribution in [0.5, 0.6) is 0 Å². The predicted octanol–water partition coefficient (Wildman–Crippen LogP) is 2.37. The molecule has 0 fully saturated rings. The first-order valence-electron chi connectivity index (χ1n) is 5.32. The van der Waals surface area contributed by atoms with Gasteiger partial charge in [-0.2, -0.15) is 5.10 Å². The summed E-state index contributed by atoms with van der Waals surface area (Å²) in [5, 5.41) is 15.1. The van der Waals surface area contributed by atoms with E-state index in [1.165, 1.54) is 0 Å². The van der Waals surface area contributed by atoms with Gasteiger partial charge in [0.15, 0.2) is 5.82 Å². The minimum absolute atomic E-state index is 0.263. The lowest BCUT2D eigenvalue weighted by atomic mass is 10.4. The molecule has 0 aliphatic heterocycles. The summed E-state index contributed by atoms with van der Waals surface area (Å²) in [5.41, 5.74) is 0.614. The summed E-state index contributed by atoms with van der Waals surface area (Å²) >= 11 is 3.40. The van der Waals surface area contributed by atoms with Gasteiger partial charge in [-0.25, -0.2) is 14.5 Å². The van der Waals surface area contributed by atoms with E-state index >= 15 is 0 Å². The molecule has 96 valence electrons. The van der Waals surface area contributed by atoms with Gasteiger partial charge in [0.05, 0.1) is 6.20 Å². The molecule has 8 heteroatoms. The van der Waals surface area contributed by atoms with E-state index in [0.29, 0.717) is 5.65 Å². The molecular weight excluding hydrogens is 314 g/mol. The Labute approximate surface area is 115 Å². The molecule has 0 saturated carbocycles. The molecule has 3 aromatic heterocycles. The van der Waals surface area contributed by atoms with E-state index in [4.69, 9.17) is 5.11 Å². The van der Waals surface area contributed by atoms with Crippen molar-refractivity contribution in [3.63, 3.8) is 0 Å². The Hall–Kier alpha value is -2.35. The first kappa shape index (κ1) is 11.7. The van der Waals surface area contributed by atoms with Gasteiger partial charge in [0.2, 0.25) is 0 Å². The highest BCUT2D eigenvalue weighted by atomic mass is 79.9. The van der Waals surface area contributed by atoms with Crippen LogP contribution in [-0.4, -0.2) is 30.4 Å². The first-order chi connectivity index (χ1) is 9.13. The third-order valence-corrected chi connectivity index (χ3v) is 2.95. The highest BCUT2D eigenvalue weighted by molar-refractivity contribution is 9.10. The number of carboxylic acid groups (broad SMARTS) is 1. The molecule has 3 aromatic rings. The summed E-state index contributed by atoms with van der Waals surface area (Å²) in [6, 6.07) is 5.46. The zero-order valence-corrected chi connectivity index (χ0v) is 11.1. The van der Waals surface area contributed by atoms with Crippen molar-refractivity contribution in [1.29, 1.82) is 0 Å². The normalized spacial score (nSPS) is 10.8. The fourth-order valence-electron chi connectivity index (χ4n) is 1.79. The third kappa shape index (κ3) is 2.17. The first-order valence-corrected chi connectivity index (χ1v) is 6.11. The molecule has 0 spiro atoms. The summed E-state index contributed by atoms with van der Waals surface area (Å²) < 4.78 is 4.26. The molecular formula is C11H8BrN5O2. The number of carbonyl (C=O) groups is 1. The number of halogens is 1. The summed E-state index contributed by atoms with van der Waals surface area (Å²) in [6.07, 6.45) is 3.92. The Balaban J connectivity index is 2.21. The average molecular weight is 322 g/mol. The molecule has 1 amide bonds. The van der Waals surface area contributed by atoms with Gasteiger partial charge in [-0.3, -0.25) is 9.72 Å². The van der Waals surface area contributed by atoms with Crippen LogP contribution in [0.15, 0.2) is 41.3 Å². The van der Waals surface area contributed by atoms with Crippen LogP contribution in [-0.2, 0) is 0 Å². The number of rotatable bonds is 2. The smallest absolute Gasteiger partial charge is 0.410 e. The number of hydrogen-bond donors (Lipinski definition) is 2. The molecule has 0 unspecified atom stereocenters. The number of imidazole rings is 1. The monoisotopic (exact) mass is 321 g/mol. The van der Waals surface area contributed by atoms with Crippen LogP contribution in [0.2, 0.25) is 0 Å². The number of fused-ring (bicyclic) bond motifs is 1. The van der Waals surface area contributed by atoms with Crippen molar-refractivity contribution in [3.05, 3.63) is 41.3 Å². The van der Waals surface area contributed by atoms with E-state index in [-0.39, 0.29) is 5.82 Å². The second-order valence-electron chi connectivity index (χ2n) is 3.77. The Morgan fingerprint density at radius 2 is 2.26 bits per heavy atom. The second kappa shape index (κ2) is 4.39. The molecule has 0 aromatic carbocycles. The molecule has 2 N–H and O–H groups in total. The van der Waals surface area contributed by atoms with E-state index in [2.05, 4.69) is 31.3 Å². The Morgan fingerprint density at radius 3 is 2.95 bits per heavy atom. The van der Waals surface area contributed by atoms with Crippen LogP contribution < -0.4 is 5.32 Å². The Morgan fingerprint density at radius 1 is 1.42 bits per heavy atom. The van der Waals surface area contributed by atoms with Gasteiger partial charge < -0.3 is 5.11 Å². The van der Waals surface area contributed by atoms with Gasteiger partial charge in [0.1, 0.15) is 11.5 Å². The van der Waals surface area contributed by atoms with Crippen molar-refractivity contribution in [2.24, 2.45) is 0 Å². The molecule has 19 heavy (non-hydrogen) atoms. The summed E-state index contributed by atoms with van der Waals surface area (Å²) in [7, 11) is 0. The molecule has 0 saturated heterocycles. The Kier molecular flexibility index (Phi) is 2.71. The lowest BCUT2D eigenvalue weighted by Crippen LogP contribution is -2.07. The van der Waals surface area contributed by atoms with Crippen molar-refractivity contribution < 1.29 is 9.90 Å². The minimum Gasteiger partial charge on any atom is -0.465 e. The minimum atomic E-state index is -1.15. The van der Waals surface area contributed by atoms with Gasteiger partial charge >= 0.3 is 6.09 Å². The lowest BCUT2D eigenvalue weighted by Gasteiger charge is -2.05. The standard InChI is InChI=1S/C11H8BrN5O2/c12-7-4-9-14-8(15-11(18)19)6-16(9)10(5-7)17-3-1-2-13-17/h1-6,15H,(H,18,19). The number of pyridine rings is 1. The topological polar surface area (TPSA) is 84.5 Å². The maximum atomic E-state index is 10.6. The molecule has 7 nitrogen and oxygen atoms in total. The Bertz CT molecular complexity index is 750. The summed E-state index contributed by atoms with van der Waals surface area (Å²) in [4.78, 5) is 14.8. The van der Waals surface area contributed by atoms with Crippen molar-refractivity contribution in [3.8, 4) is 5.82 Å². The molecule has 0 atom stereocenters. The second-order valence-corrected chi connectivity index (χ2v) is 4.68. The van der Waals surface area contributed by atoms with Crippen LogP contribution in [0.4, 0.5) is 10.6 Å². The van der Waals surface area contributed by atoms with E-state index in [1.807, 2.05) is 6.07 Å². The largest absolute Gasteiger partial charge is 0.465 e. The number of anilines is 1. The molecule has 3 rings (SSSR count). The van der Waals surface area contributed by atoms with E-state index in [0.717, 1.165) is 10.3 Å². The number of nitrogens with zero attached hydrogens (tertiary/aromatic N) is 4. The molecule has 0 aliphatic rings. The van der Waals surface area contributed by atoms with Gasteiger partial charge in [-0.1, -0.05) is 15.9 Å². The summed E-state index contributed by atoms with van der Waals surface area (Å²) in [6.45, 7) is 0. The van der Waals surface area contributed by atoms with Gasteiger partial charge in [-0.05, 0) is 18.2 Å². The van der Waals surface area contributed by atoms with E-state index in [9.17, 15) is 4.79 Å². The fraction of sp³-hybridized carbons (Fsp3) is 0. The van der Waals surface area contributed by atoms with E-state index < -0.39 is 6.09 Å². The molecule has 0 radical (unpaired) electrons. The van der Waals surface area contributed by atoms with Gasteiger partial charge in [-0.15, -0.1) is 0 Å². The number of aromatic nitrogens is 4. The predicted molar refractivity (Wildman–Crippen MR) is 71.7 cm³/mol. The quantitative estimate of drug-likeness (QED) is 0.759. The van der Waals surface area contributed by atoms with Crippen LogP contribution in [0.3, 0.4) is 0 Å². The number of amides is 1. The highest BCUT2D eigenvalue weighted by Crippen LogP contribution is 2.21. The molecule has 0 bridgehead atoms. The third-order valence-electron chi connectivity index (χ3n) is 2.49. The van der Waals surface area contributed by atoms with Crippen molar-refractivity contribution in [2.75, 3.05) is 5.32 Å². The van der Waals surface area contributed by atoms with Crippen LogP contribution in [0, 0.1) is 0 Å². The maximum Gasteiger partial charge on any atom is 0.410 e. The van der Waals surface area contributed by atoms with Gasteiger partial charge in [0, 0.05) is 16.9 Å². The average Bonchev–Trinajstić information content (AvgIpc) is 2.94. The zero-order chi connectivity index (χ0) is 13.4. The lowest BCUT2D eigenvalue weighted by molar-refractivity contribution is 0.209. The van der Waals surface area contributed by atoms with Gasteiger partial charge in [0.25, 0.3) is 0 Å². The van der Waals surface area contributed by atoms with Crippen molar-refractivity contribution >= 4 is 33.5 Å². The number of hydrogen-bond acceptors (Lipinski definition) is 3. The molecule has 0 aliphatic carbocycles. The zero-order valence-electron chi connectivity index (χ0n) is 9.49. The number of nitrogens with one attached hydrogen (secondary N) is 1. The molecule has 3 heterocycles. The van der Waals surface area contributed by atoms with Crippen molar-refractivity contribution in [2.45, 2.75) is 0 Å². The van der Waals surface area contributed by atoms with E-state index in [1.54, 1.807) is 39.8 Å². The SMILES string of the molecule is O=C(O)Nc1cn2c(-n3cccn3)cc(Br)cc2n1. The highest BCUT2D eigenvalue weighted by Gasteiger charge is 2.10. The van der Waals surface area contributed by atoms with Crippen LogP contribution in [0.1, 0.15) is 0 Å². The van der Waals surface area contributed by atoms with Crippen LogP contribution >= 0.6 is 15.9 Å². The van der Waals surface area contributed by atoms with Crippen LogP contribution in [0.25, 0.3) is 11.5 Å². The van der Waals surface area contributed by atoms with Crippen molar-refractivity contribution in [1.82, 2.24) is 19.2 Å².